The van der Waals surface area contributed by atoms with Crippen LogP contribution in [0.2, 0.25) is 0 Å². The third kappa shape index (κ3) is 2.37. The van der Waals surface area contributed by atoms with Crippen LogP contribution in [0.5, 0.6) is 0 Å². The summed E-state index contributed by atoms with van der Waals surface area (Å²) < 4.78 is 9.95. The minimum absolute atomic E-state index is 0.0454. The predicted octanol–water partition coefficient (Wildman–Crippen LogP) is 2.34. The van der Waals surface area contributed by atoms with Crippen LogP contribution in [0.25, 0.3) is 0 Å². The Labute approximate surface area is 140 Å². The Balaban J connectivity index is 1.95. The molecular formula is C18H21NO5. The molecule has 2 amide bonds. The van der Waals surface area contributed by atoms with Crippen molar-refractivity contribution in [2.45, 2.75) is 32.2 Å². The second kappa shape index (κ2) is 5.92. The molecule has 3 rings (SSSR count). The van der Waals surface area contributed by atoms with Gasteiger partial charge >= 0.3 is 12.1 Å². The molecule has 1 aromatic carbocycles. The number of carbonyl (C=O) groups excluding carboxylic acids is 3. The normalized spacial score (nSPS) is 28.7. The number of benzene rings is 1. The molecule has 0 aromatic heterocycles. The van der Waals surface area contributed by atoms with E-state index in [1.807, 2.05) is 44.2 Å². The lowest BCUT2D eigenvalue weighted by Crippen LogP contribution is -2.48. The zero-order valence-electron chi connectivity index (χ0n) is 14.0. The van der Waals surface area contributed by atoms with E-state index in [0.717, 1.165) is 10.5 Å². The highest BCUT2D eigenvalue weighted by atomic mass is 16.6. The number of ether oxygens (including phenoxy) is 2. The van der Waals surface area contributed by atoms with Crippen LogP contribution in [0.4, 0.5) is 4.79 Å². The second-order valence-electron chi connectivity index (χ2n) is 6.69. The van der Waals surface area contributed by atoms with Crippen molar-refractivity contribution in [3.8, 4) is 0 Å². The molecule has 128 valence electrons. The summed E-state index contributed by atoms with van der Waals surface area (Å²) in [5, 5.41) is 0. The lowest BCUT2D eigenvalue weighted by Gasteiger charge is -2.26. The number of nitrogens with zero attached hydrogens (tertiary/aromatic N) is 1. The number of rotatable bonds is 4. The van der Waals surface area contributed by atoms with Crippen LogP contribution in [-0.2, 0) is 19.1 Å². The Morgan fingerprint density at radius 3 is 2.54 bits per heavy atom. The maximum atomic E-state index is 13.2. The number of cyclic esters (lactones) is 1. The third-order valence-electron chi connectivity index (χ3n) is 4.99. The molecule has 0 N–H and O–H groups in total. The number of esters is 1. The van der Waals surface area contributed by atoms with Gasteiger partial charge in [0.15, 0.2) is 5.41 Å². The maximum absolute atomic E-state index is 13.2. The number of hydrogen-bond acceptors (Lipinski definition) is 5. The first-order chi connectivity index (χ1) is 11.4. The van der Waals surface area contributed by atoms with Gasteiger partial charge in [0.25, 0.3) is 0 Å². The second-order valence-corrected chi connectivity index (χ2v) is 6.69. The topological polar surface area (TPSA) is 72.9 Å². The Morgan fingerprint density at radius 1 is 1.29 bits per heavy atom. The van der Waals surface area contributed by atoms with E-state index in [-0.39, 0.29) is 24.5 Å². The van der Waals surface area contributed by atoms with Crippen molar-refractivity contribution in [3.05, 3.63) is 35.9 Å². The summed E-state index contributed by atoms with van der Waals surface area (Å²) in [5.74, 6) is -1.34. The monoisotopic (exact) mass is 331 g/mol. The Hall–Kier alpha value is -2.37. The molecule has 3 atom stereocenters. The van der Waals surface area contributed by atoms with Crippen molar-refractivity contribution in [1.29, 1.82) is 0 Å². The first kappa shape index (κ1) is 16.5. The van der Waals surface area contributed by atoms with Crippen molar-refractivity contribution >= 4 is 18.0 Å². The molecule has 2 fully saturated rings. The van der Waals surface area contributed by atoms with Gasteiger partial charge in [-0.05, 0) is 17.9 Å². The van der Waals surface area contributed by atoms with Gasteiger partial charge in [-0.1, -0.05) is 44.2 Å². The van der Waals surface area contributed by atoms with E-state index in [2.05, 4.69) is 0 Å². The van der Waals surface area contributed by atoms with Gasteiger partial charge in [-0.2, -0.15) is 0 Å². The van der Waals surface area contributed by atoms with E-state index in [9.17, 15) is 14.4 Å². The van der Waals surface area contributed by atoms with E-state index >= 15 is 0 Å². The first-order valence-electron chi connectivity index (χ1n) is 8.07. The summed E-state index contributed by atoms with van der Waals surface area (Å²) in [4.78, 5) is 38.8. The number of carbonyl (C=O) groups is 3. The molecular weight excluding hydrogens is 310 g/mol. The zero-order valence-corrected chi connectivity index (χ0v) is 14.0. The molecule has 6 heteroatoms. The lowest BCUT2D eigenvalue weighted by molar-refractivity contribution is -0.155. The average Bonchev–Trinajstić information content (AvgIpc) is 3.23. The van der Waals surface area contributed by atoms with Gasteiger partial charge in [0, 0.05) is 5.92 Å². The molecule has 1 saturated heterocycles. The predicted molar refractivity (Wildman–Crippen MR) is 85.1 cm³/mol. The zero-order chi connectivity index (χ0) is 17.5. The van der Waals surface area contributed by atoms with Crippen LogP contribution in [0.15, 0.2) is 30.3 Å². The molecule has 0 unspecified atom stereocenters. The minimum Gasteiger partial charge on any atom is -0.468 e. The van der Waals surface area contributed by atoms with Crippen LogP contribution in [0.3, 0.4) is 0 Å². The standard InChI is InChI=1S/C18H21NO5/c1-11(2)14-10-24-17(22)19(14)15(20)18(16(21)23-3)9-13(18)12-7-5-4-6-8-12/h4-8,11,13-14H,9-10H2,1-3H3/t13-,14-,18+/m1/s1. The first-order valence-corrected chi connectivity index (χ1v) is 8.07. The number of methoxy groups -OCH3 is 1. The fraction of sp³-hybridized carbons (Fsp3) is 0.500. The highest BCUT2D eigenvalue weighted by molar-refractivity contribution is 6.12. The SMILES string of the molecule is COC(=O)[C@@]1(C(=O)N2C(=O)OC[C@@H]2C(C)C)C[C@@H]1c1ccccc1. The Bertz CT molecular complexity index is 671. The number of amides is 2. The van der Waals surface area contributed by atoms with E-state index in [0.29, 0.717) is 6.42 Å². The van der Waals surface area contributed by atoms with Crippen LogP contribution >= 0.6 is 0 Å². The van der Waals surface area contributed by atoms with Gasteiger partial charge in [-0.15, -0.1) is 0 Å². The van der Waals surface area contributed by atoms with Gasteiger partial charge in [0.1, 0.15) is 6.61 Å². The molecule has 1 aliphatic carbocycles. The van der Waals surface area contributed by atoms with Gasteiger partial charge in [0.2, 0.25) is 5.91 Å². The molecule has 0 spiro atoms. The molecule has 2 aliphatic rings. The van der Waals surface area contributed by atoms with Crippen molar-refractivity contribution in [1.82, 2.24) is 4.90 Å². The van der Waals surface area contributed by atoms with E-state index in [4.69, 9.17) is 9.47 Å². The van der Waals surface area contributed by atoms with Crippen molar-refractivity contribution < 1.29 is 23.9 Å². The molecule has 1 heterocycles. The summed E-state index contributed by atoms with van der Waals surface area (Å²) in [6.45, 7) is 3.99. The summed E-state index contributed by atoms with van der Waals surface area (Å²) in [7, 11) is 1.26. The third-order valence-corrected chi connectivity index (χ3v) is 4.99. The lowest BCUT2D eigenvalue weighted by atomic mass is 9.95. The van der Waals surface area contributed by atoms with Gasteiger partial charge in [-0.3, -0.25) is 9.59 Å². The van der Waals surface area contributed by atoms with Gasteiger partial charge in [-0.25, -0.2) is 9.69 Å². The van der Waals surface area contributed by atoms with Crippen LogP contribution in [-0.4, -0.2) is 42.6 Å². The minimum atomic E-state index is -1.33. The maximum Gasteiger partial charge on any atom is 0.417 e. The summed E-state index contributed by atoms with van der Waals surface area (Å²) in [6.07, 6.45) is -0.336. The summed E-state index contributed by atoms with van der Waals surface area (Å²) >= 11 is 0. The smallest absolute Gasteiger partial charge is 0.417 e. The molecule has 24 heavy (non-hydrogen) atoms. The Morgan fingerprint density at radius 2 is 1.96 bits per heavy atom. The Kier molecular flexibility index (Phi) is 4.07. The molecule has 1 aliphatic heterocycles. The largest absolute Gasteiger partial charge is 0.468 e. The highest BCUT2D eigenvalue weighted by Gasteiger charge is 2.70. The molecule has 1 aromatic rings. The molecule has 0 radical (unpaired) electrons. The van der Waals surface area contributed by atoms with Crippen LogP contribution < -0.4 is 0 Å². The van der Waals surface area contributed by atoms with Crippen molar-refractivity contribution in [3.63, 3.8) is 0 Å². The van der Waals surface area contributed by atoms with E-state index in [1.165, 1.54) is 7.11 Å². The van der Waals surface area contributed by atoms with Crippen LogP contribution in [0, 0.1) is 11.3 Å². The average molecular weight is 331 g/mol. The van der Waals surface area contributed by atoms with E-state index < -0.39 is 23.4 Å². The number of imide groups is 1. The quantitative estimate of drug-likeness (QED) is 0.625. The number of hydrogen-bond donors (Lipinski definition) is 0. The van der Waals surface area contributed by atoms with Crippen molar-refractivity contribution in [2.75, 3.05) is 13.7 Å². The highest BCUT2D eigenvalue weighted by Crippen LogP contribution is 2.61. The van der Waals surface area contributed by atoms with Crippen LogP contribution in [0.1, 0.15) is 31.7 Å². The van der Waals surface area contributed by atoms with Crippen molar-refractivity contribution in [2.24, 2.45) is 11.3 Å². The fourth-order valence-corrected chi connectivity index (χ4v) is 3.46. The summed E-state index contributed by atoms with van der Waals surface area (Å²) in [5.41, 5.74) is -0.433. The van der Waals surface area contributed by atoms with Gasteiger partial charge in [0.05, 0.1) is 13.2 Å². The molecule has 0 bridgehead atoms. The fourth-order valence-electron chi connectivity index (χ4n) is 3.46. The van der Waals surface area contributed by atoms with E-state index in [1.54, 1.807) is 0 Å². The van der Waals surface area contributed by atoms with Gasteiger partial charge < -0.3 is 9.47 Å². The molecule has 6 nitrogen and oxygen atoms in total. The summed E-state index contributed by atoms with van der Waals surface area (Å²) in [6, 6.07) is 9.00. The molecule has 1 saturated carbocycles.